The molecule has 0 fully saturated rings. The predicted octanol–water partition coefficient (Wildman–Crippen LogP) is 4.18. The molecule has 0 amide bonds. The van der Waals surface area contributed by atoms with Gasteiger partial charge in [-0.3, -0.25) is 0 Å². The van der Waals surface area contributed by atoms with Crippen molar-refractivity contribution in [3.05, 3.63) is 48.0 Å². The first-order valence-electron chi connectivity index (χ1n) is 8.12. The van der Waals surface area contributed by atoms with E-state index >= 15 is 0 Å². The molecule has 0 aliphatic heterocycles. The van der Waals surface area contributed by atoms with E-state index in [-0.39, 0.29) is 0 Å². The molecule has 0 spiro atoms. The molecule has 0 aliphatic rings. The van der Waals surface area contributed by atoms with E-state index < -0.39 is 0 Å². The Hall–Kier alpha value is -1.38. The van der Waals surface area contributed by atoms with Crippen LogP contribution < -0.4 is 5.32 Å². The first kappa shape index (κ1) is 16.0. The summed E-state index contributed by atoms with van der Waals surface area (Å²) in [6.45, 7) is 6.98. The normalized spacial score (nSPS) is 12.7. The molecule has 2 nitrogen and oxygen atoms in total. The van der Waals surface area contributed by atoms with Crippen molar-refractivity contribution < 1.29 is 4.74 Å². The molecule has 1 atom stereocenters. The van der Waals surface area contributed by atoms with Gasteiger partial charge in [0.25, 0.3) is 0 Å². The van der Waals surface area contributed by atoms with E-state index in [0.29, 0.717) is 6.04 Å². The highest BCUT2D eigenvalue weighted by Crippen LogP contribution is 2.17. The summed E-state index contributed by atoms with van der Waals surface area (Å²) >= 11 is 0. The Morgan fingerprint density at radius 1 is 1.05 bits per heavy atom. The highest BCUT2D eigenvalue weighted by atomic mass is 16.5. The molecular weight excluding hydrogens is 258 g/mol. The second-order valence-electron chi connectivity index (χ2n) is 5.52. The monoisotopic (exact) mass is 285 g/mol. The summed E-state index contributed by atoms with van der Waals surface area (Å²) in [7, 11) is 0. The van der Waals surface area contributed by atoms with E-state index in [4.69, 9.17) is 4.74 Å². The summed E-state index contributed by atoms with van der Waals surface area (Å²) in [6, 6.07) is 15.8. The van der Waals surface area contributed by atoms with Crippen molar-refractivity contribution in [3.8, 4) is 0 Å². The van der Waals surface area contributed by atoms with Crippen molar-refractivity contribution in [2.75, 3.05) is 19.8 Å². The van der Waals surface area contributed by atoms with E-state index in [1.165, 1.54) is 22.8 Å². The minimum atomic E-state index is 0.498. The highest BCUT2D eigenvalue weighted by Gasteiger charge is 2.09. The Bertz CT molecular complexity index is 538. The van der Waals surface area contributed by atoms with Gasteiger partial charge >= 0.3 is 0 Å². The zero-order valence-corrected chi connectivity index (χ0v) is 13.3. The molecule has 2 rings (SSSR count). The Labute approximate surface area is 128 Å². The third-order valence-corrected chi connectivity index (χ3v) is 3.79. The number of hydrogen-bond acceptors (Lipinski definition) is 2. The van der Waals surface area contributed by atoms with Gasteiger partial charge in [0, 0.05) is 19.3 Å². The lowest BCUT2D eigenvalue weighted by molar-refractivity contribution is 0.136. The summed E-state index contributed by atoms with van der Waals surface area (Å²) in [4.78, 5) is 0. The lowest BCUT2D eigenvalue weighted by Gasteiger charge is -2.19. The average molecular weight is 285 g/mol. The Kier molecular flexibility index (Phi) is 6.71. The molecule has 114 valence electrons. The van der Waals surface area contributed by atoms with Gasteiger partial charge in [-0.15, -0.1) is 0 Å². The summed E-state index contributed by atoms with van der Waals surface area (Å²) < 4.78 is 5.51. The smallest absolute Gasteiger partial charge is 0.0480 e. The van der Waals surface area contributed by atoms with Crippen LogP contribution >= 0.6 is 0 Å². The van der Waals surface area contributed by atoms with Gasteiger partial charge in [-0.1, -0.05) is 49.4 Å². The molecule has 2 aromatic carbocycles. The van der Waals surface area contributed by atoms with Crippen molar-refractivity contribution in [1.29, 1.82) is 0 Å². The molecule has 0 radical (unpaired) electrons. The van der Waals surface area contributed by atoms with Crippen molar-refractivity contribution >= 4 is 10.8 Å². The molecule has 2 heteroatoms. The van der Waals surface area contributed by atoms with Gasteiger partial charge in [-0.2, -0.15) is 0 Å². The maximum Gasteiger partial charge on any atom is 0.0480 e. The van der Waals surface area contributed by atoms with Gasteiger partial charge in [0.05, 0.1) is 0 Å². The molecule has 0 heterocycles. The number of fused-ring (bicyclic) bond motifs is 1. The fourth-order valence-corrected chi connectivity index (χ4v) is 2.64. The molecule has 0 saturated heterocycles. The van der Waals surface area contributed by atoms with E-state index in [0.717, 1.165) is 32.6 Å². The van der Waals surface area contributed by atoms with Crippen molar-refractivity contribution in [2.24, 2.45) is 0 Å². The minimum absolute atomic E-state index is 0.498. The molecule has 0 aromatic heterocycles. The van der Waals surface area contributed by atoms with Crippen LogP contribution in [0.25, 0.3) is 10.8 Å². The van der Waals surface area contributed by atoms with Crippen LogP contribution in [0.3, 0.4) is 0 Å². The van der Waals surface area contributed by atoms with Crippen LogP contribution in [0.2, 0.25) is 0 Å². The van der Waals surface area contributed by atoms with Crippen LogP contribution in [0.5, 0.6) is 0 Å². The average Bonchev–Trinajstić information content (AvgIpc) is 2.52. The molecule has 1 N–H and O–H groups in total. The predicted molar refractivity (Wildman–Crippen MR) is 90.8 cm³/mol. The van der Waals surface area contributed by atoms with Crippen LogP contribution in [0, 0.1) is 0 Å². The van der Waals surface area contributed by atoms with Crippen LogP contribution in [0.1, 0.15) is 32.3 Å². The zero-order chi connectivity index (χ0) is 14.9. The van der Waals surface area contributed by atoms with E-state index in [2.05, 4.69) is 61.6 Å². The zero-order valence-electron chi connectivity index (χ0n) is 13.3. The molecular formula is C19H27NO. The lowest BCUT2D eigenvalue weighted by atomic mass is 10.00. The number of ether oxygens (including phenoxy) is 1. The third kappa shape index (κ3) is 5.14. The van der Waals surface area contributed by atoms with Crippen LogP contribution in [0.4, 0.5) is 0 Å². The summed E-state index contributed by atoms with van der Waals surface area (Å²) in [5.74, 6) is 0. The lowest BCUT2D eigenvalue weighted by Crippen LogP contribution is -2.33. The second-order valence-corrected chi connectivity index (χ2v) is 5.52. The van der Waals surface area contributed by atoms with Crippen molar-refractivity contribution in [2.45, 2.75) is 39.2 Å². The highest BCUT2D eigenvalue weighted by molar-refractivity contribution is 5.82. The fraction of sp³-hybridized carbons (Fsp3) is 0.474. The topological polar surface area (TPSA) is 21.3 Å². The minimum Gasteiger partial charge on any atom is -0.382 e. The molecule has 0 aliphatic carbocycles. The maximum absolute atomic E-state index is 5.51. The van der Waals surface area contributed by atoms with Crippen molar-refractivity contribution in [1.82, 2.24) is 5.32 Å². The van der Waals surface area contributed by atoms with Gasteiger partial charge in [0.2, 0.25) is 0 Å². The standard InChI is InChI=1S/C19H27NO/c1-3-12-20-19(11-13-21-4-2)15-16-9-10-17-7-5-6-8-18(17)14-16/h5-10,14,19-20H,3-4,11-13,15H2,1-2H3. The van der Waals surface area contributed by atoms with Gasteiger partial charge < -0.3 is 10.1 Å². The molecule has 1 unspecified atom stereocenters. The molecule has 0 bridgehead atoms. The Morgan fingerprint density at radius 3 is 2.62 bits per heavy atom. The van der Waals surface area contributed by atoms with Crippen molar-refractivity contribution in [3.63, 3.8) is 0 Å². The summed E-state index contributed by atoms with van der Waals surface area (Å²) in [6.07, 6.45) is 3.31. The molecule has 2 aromatic rings. The van der Waals surface area contributed by atoms with Gasteiger partial charge in [-0.05, 0) is 49.1 Å². The third-order valence-electron chi connectivity index (χ3n) is 3.79. The Morgan fingerprint density at radius 2 is 1.86 bits per heavy atom. The van der Waals surface area contributed by atoms with Crippen LogP contribution in [0.15, 0.2) is 42.5 Å². The maximum atomic E-state index is 5.51. The van der Waals surface area contributed by atoms with E-state index in [9.17, 15) is 0 Å². The molecule has 0 saturated carbocycles. The van der Waals surface area contributed by atoms with Crippen LogP contribution in [-0.2, 0) is 11.2 Å². The number of nitrogens with one attached hydrogen (secondary N) is 1. The second kappa shape index (κ2) is 8.81. The number of benzene rings is 2. The molecule has 21 heavy (non-hydrogen) atoms. The summed E-state index contributed by atoms with van der Waals surface area (Å²) in [5.41, 5.74) is 1.40. The number of rotatable bonds is 9. The largest absolute Gasteiger partial charge is 0.382 e. The first-order chi connectivity index (χ1) is 10.3. The number of hydrogen-bond donors (Lipinski definition) is 1. The van der Waals surface area contributed by atoms with Gasteiger partial charge in [-0.25, -0.2) is 0 Å². The van der Waals surface area contributed by atoms with Crippen LogP contribution in [-0.4, -0.2) is 25.8 Å². The summed E-state index contributed by atoms with van der Waals surface area (Å²) in [5, 5.41) is 6.29. The van der Waals surface area contributed by atoms with E-state index in [1.807, 2.05) is 0 Å². The van der Waals surface area contributed by atoms with E-state index in [1.54, 1.807) is 0 Å². The quantitative estimate of drug-likeness (QED) is 0.698. The van der Waals surface area contributed by atoms with Gasteiger partial charge in [0.1, 0.15) is 0 Å². The first-order valence-corrected chi connectivity index (χ1v) is 8.12. The SMILES string of the molecule is CCCNC(CCOCC)Cc1ccc2ccccc2c1. The fourth-order valence-electron chi connectivity index (χ4n) is 2.64. The Balaban J connectivity index is 2.01. The van der Waals surface area contributed by atoms with Gasteiger partial charge in [0.15, 0.2) is 0 Å².